The number of aromatic nitrogens is 1. The Hall–Kier alpha value is -2.44. The number of nitrogens with zero attached hydrogens (tertiary/aromatic N) is 2. The summed E-state index contributed by atoms with van der Waals surface area (Å²) < 4.78 is 5.43. The fourth-order valence-electron chi connectivity index (χ4n) is 3.66. The van der Waals surface area contributed by atoms with Gasteiger partial charge in [0.2, 0.25) is 5.91 Å². The first-order chi connectivity index (χ1) is 13.7. The summed E-state index contributed by atoms with van der Waals surface area (Å²) in [6, 6.07) is 12.2. The SMILES string of the molecule is Cc1cccc(-c2nc(CNC(=O)C3CCCN(Cc4ccco4)C3)cs2)c1. The van der Waals surface area contributed by atoms with Gasteiger partial charge in [0, 0.05) is 17.5 Å². The van der Waals surface area contributed by atoms with Gasteiger partial charge in [-0.1, -0.05) is 23.8 Å². The Morgan fingerprint density at radius 3 is 3.11 bits per heavy atom. The number of carbonyl (C=O) groups excluding carboxylic acids is 1. The van der Waals surface area contributed by atoms with Crippen molar-refractivity contribution in [3.63, 3.8) is 0 Å². The monoisotopic (exact) mass is 395 g/mol. The van der Waals surface area contributed by atoms with E-state index in [1.807, 2.05) is 23.6 Å². The first-order valence-electron chi connectivity index (χ1n) is 9.71. The van der Waals surface area contributed by atoms with Gasteiger partial charge >= 0.3 is 0 Å². The molecule has 1 aromatic carbocycles. The Labute approximate surface area is 169 Å². The standard InChI is InChI=1S/C22H25N3O2S/c1-16-5-2-6-17(11-16)22-24-19(15-28-22)12-23-21(26)18-7-3-9-25(13-18)14-20-8-4-10-27-20/h2,4-6,8,10-11,15,18H,3,7,9,12-14H2,1H3,(H,23,26). The molecule has 0 aliphatic carbocycles. The van der Waals surface area contributed by atoms with E-state index in [2.05, 4.69) is 40.3 Å². The van der Waals surface area contributed by atoms with Crippen molar-refractivity contribution in [1.82, 2.24) is 15.2 Å². The van der Waals surface area contributed by atoms with E-state index in [1.54, 1.807) is 17.6 Å². The average Bonchev–Trinajstić information content (AvgIpc) is 3.38. The third-order valence-corrected chi connectivity index (χ3v) is 6.04. The van der Waals surface area contributed by atoms with Crippen LogP contribution >= 0.6 is 11.3 Å². The van der Waals surface area contributed by atoms with Crippen molar-refractivity contribution in [3.05, 3.63) is 65.1 Å². The molecule has 0 bridgehead atoms. The molecule has 146 valence electrons. The summed E-state index contributed by atoms with van der Waals surface area (Å²) in [5, 5.41) is 6.10. The molecule has 1 saturated heterocycles. The second-order valence-electron chi connectivity index (χ2n) is 7.38. The topological polar surface area (TPSA) is 58.4 Å². The Morgan fingerprint density at radius 1 is 1.36 bits per heavy atom. The van der Waals surface area contributed by atoms with Crippen LogP contribution in [0.2, 0.25) is 0 Å². The van der Waals surface area contributed by atoms with Gasteiger partial charge in [0.05, 0.1) is 31.0 Å². The predicted molar refractivity (Wildman–Crippen MR) is 111 cm³/mol. The molecular formula is C22H25N3O2S. The zero-order valence-electron chi connectivity index (χ0n) is 16.1. The number of thiazole rings is 1. The molecule has 0 spiro atoms. The number of likely N-dealkylation sites (tertiary alicyclic amines) is 1. The molecule has 3 heterocycles. The lowest BCUT2D eigenvalue weighted by Crippen LogP contribution is -2.42. The number of piperidine rings is 1. The lowest BCUT2D eigenvalue weighted by atomic mass is 9.97. The van der Waals surface area contributed by atoms with E-state index in [-0.39, 0.29) is 11.8 Å². The van der Waals surface area contributed by atoms with Crippen molar-refractivity contribution in [2.45, 2.75) is 32.9 Å². The van der Waals surface area contributed by atoms with Gasteiger partial charge in [-0.25, -0.2) is 4.98 Å². The van der Waals surface area contributed by atoms with Crippen molar-refractivity contribution in [3.8, 4) is 10.6 Å². The smallest absolute Gasteiger partial charge is 0.224 e. The number of furan rings is 1. The van der Waals surface area contributed by atoms with Gasteiger partial charge in [0.15, 0.2) is 0 Å². The van der Waals surface area contributed by atoms with Gasteiger partial charge in [-0.15, -0.1) is 11.3 Å². The third kappa shape index (κ3) is 4.69. The molecule has 2 aromatic heterocycles. The van der Waals surface area contributed by atoms with E-state index in [4.69, 9.17) is 4.42 Å². The average molecular weight is 396 g/mol. The van der Waals surface area contributed by atoms with Gasteiger partial charge in [0.1, 0.15) is 10.8 Å². The fourth-order valence-corrected chi connectivity index (χ4v) is 4.47. The molecule has 1 N–H and O–H groups in total. The van der Waals surface area contributed by atoms with Crippen molar-refractivity contribution in [1.29, 1.82) is 0 Å². The van der Waals surface area contributed by atoms with Crippen molar-refractivity contribution in [2.75, 3.05) is 13.1 Å². The van der Waals surface area contributed by atoms with Crippen LogP contribution in [0.5, 0.6) is 0 Å². The Bertz CT molecular complexity index is 920. The third-order valence-electron chi connectivity index (χ3n) is 5.10. The molecule has 0 radical (unpaired) electrons. The van der Waals surface area contributed by atoms with E-state index in [0.717, 1.165) is 54.5 Å². The lowest BCUT2D eigenvalue weighted by molar-refractivity contribution is -0.127. The molecule has 1 atom stereocenters. The summed E-state index contributed by atoms with van der Waals surface area (Å²) in [7, 11) is 0. The maximum Gasteiger partial charge on any atom is 0.224 e. The Balaban J connectivity index is 1.30. The van der Waals surface area contributed by atoms with E-state index in [0.29, 0.717) is 6.54 Å². The van der Waals surface area contributed by atoms with Crippen LogP contribution in [0.15, 0.2) is 52.5 Å². The van der Waals surface area contributed by atoms with Gasteiger partial charge in [-0.3, -0.25) is 9.69 Å². The predicted octanol–water partition coefficient (Wildman–Crippen LogP) is 4.24. The van der Waals surface area contributed by atoms with Crippen LogP contribution in [-0.4, -0.2) is 28.9 Å². The second-order valence-corrected chi connectivity index (χ2v) is 8.24. The molecular weight excluding hydrogens is 370 g/mol. The number of nitrogens with one attached hydrogen (secondary N) is 1. The largest absolute Gasteiger partial charge is 0.468 e. The summed E-state index contributed by atoms with van der Waals surface area (Å²) >= 11 is 1.62. The summed E-state index contributed by atoms with van der Waals surface area (Å²) in [6.45, 7) is 5.12. The molecule has 1 fully saturated rings. The van der Waals surface area contributed by atoms with Gasteiger partial charge in [-0.05, 0) is 44.5 Å². The number of carbonyl (C=O) groups is 1. The fraction of sp³-hybridized carbons (Fsp3) is 0.364. The van der Waals surface area contributed by atoms with Gasteiger partial charge in [0.25, 0.3) is 0 Å². The first-order valence-corrected chi connectivity index (χ1v) is 10.6. The first kappa shape index (κ1) is 18.9. The van der Waals surface area contributed by atoms with E-state index in [1.165, 1.54) is 5.56 Å². The van der Waals surface area contributed by atoms with Crippen LogP contribution in [0.25, 0.3) is 10.6 Å². The lowest BCUT2D eigenvalue weighted by Gasteiger charge is -2.31. The van der Waals surface area contributed by atoms with Crippen LogP contribution in [0.3, 0.4) is 0 Å². The van der Waals surface area contributed by atoms with E-state index < -0.39 is 0 Å². The van der Waals surface area contributed by atoms with Crippen molar-refractivity contribution in [2.24, 2.45) is 5.92 Å². The van der Waals surface area contributed by atoms with E-state index in [9.17, 15) is 4.79 Å². The van der Waals surface area contributed by atoms with Crippen molar-refractivity contribution >= 4 is 17.2 Å². The normalized spacial score (nSPS) is 17.5. The molecule has 0 saturated carbocycles. The highest BCUT2D eigenvalue weighted by molar-refractivity contribution is 7.13. The molecule has 5 nitrogen and oxygen atoms in total. The van der Waals surface area contributed by atoms with Crippen LogP contribution in [-0.2, 0) is 17.9 Å². The summed E-state index contributed by atoms with van der Waals surface area (Å²) in [5.74, 6) is 1.10. The number of benzene rings is 1. The molecule has 1 aliphatic heterocycles. The molecule has 6 heteroatoms. The minimum Gasteiger partial charge on any atom is -0.468 e. The minimum absolute atomic E-state index is 0.0265. The quantitative estimate of drug-likeness (QED) is 0.678. The minimum atomic E-state index is 0.0265. The number of amides is 1. The molecule has 4 rings (SSSR count). The maximum absolute atomic E-state index is 12.7. The molecule has 3 aromatic rings. The molecule has 1 aliphatic rings. The molecule has 1 amide bonds. The number of hydrogen-bond acceptors (Lipinski definition) is 5. The number of hydrogen-bond donors (Lipinski definition) is 1. The highest BCUT2D eigenvalue weighted by Crippen LogP contribution is 2.24. The Morgan fingerprint density at radius 2 is 2.29 bits per heavy atom. The maximum atomic E-state index is 12.7. The number of aryl methyl sites for hydroxylation is 1. The van der Waals surface area contributed by atoms with E-state index >= 15 is 0 Å². The number of rotatable bonds is 6. The van der Waals surface area contributed by atoms with Crippen LogP contribution in [0.4, 0.5) is 0 Å². The summed E-state index contributed by atoms with van der Waals surface area (Å²) in [5.41, 5.74) is 3.26. The van der Waals surface area contributed by atoms with Crippen molar-refractivity contribution < 1.29 is 9.21 Å². The molecule has 1 unspecified atom stereocenters. The zero-order valence-corrected chi connectivity index (χ0v) is 16.9. The summed E-state index contributed by atoms with van der Waals surface area (Å²) in [4.78, 5) is 19.6. The molecule has 28 heavy (non-hydrogen) atoms. The van der Waals surface area contributed by atoms with Crippen LogP contribution in [0.1, 0.15) is 29.9 Å². The highest BCUT2D eigenvalue weighted by atomic mass is 32.1. The zero-order chi connectivity index (χ0) is 19.3. The second kappa shape index (κ2) is 8.71. The van der Waals surface area contributed by atoms with Gasteiger partial charge < -0.3 is 9.73 Å². The Kier molecular flexibility index (Phi) is 5.88. The summed E-state index contributed by atoms with van der Waals surface area (Å²) in [6.07, 6.45) is 3.67. The van der Waals surface area contributed by atoms with Crippen LogP contribution in [0, 0.1) is 12.8 Å². The van der Waals surface area contributed by atoms with Crippen LogP contribution < -0.4 is 5.32 Å². The highest BCUT2D eigenvalue weighted by Gasteiger charge is 2.26. The van der Waals surface area contributed by atoms with Gasteiger partial charge in [-0.2, -0.15) is 0 Å².